The van der Waals surface area contributed by atoms with E-state index in [0.29, 0.717) is 0 Å². The van der Waals surface area contributed by atoms with Crippen molar-refractivity contribution in [3.8, 4) is 0 Å². The maximum atomic E-state index is 2.46. The predicted molar refractivity (Wildman–Crippen MR) is 112 cm³/mol. The molecule has 26 heavy (non-hydrogen) atoms. The summed E-state index contributed by atoms with van der Waals surface area (Å²) in [6.45, 7) is 4.74. The molecule has 3 aliphatic rings. The van der Waals surface area contributed by atoms with Crippen molar-refractivity contribution in [3.05, 3.63) is 35.4 Å². The van der Waals surface area contributed by atoms with E-state index in [4.69, 9.17) is 0 Å². The molecule has 3 fully saturated rings. The van der Waals surface area contributed by atoms with Gasteiger partial charge < -0.3 is 0 Å². The summed E-state index contributed by atoms with van der Waals surface area (Å²) in [5, 5.41) is 0. The van der Waals surface area contributed by atoms with Crippen LogP contribution in [0.1, 0.15) is 102 Å². The Kier molecular flexibility index (Phi) is 6.07. The van der Waals surface area contributed by atoms with Crippen LogP contribution < -0.4 is 0 Å². The molecule has 4 atom stereocenters. The van der Waals surface area contributed by atoms with E-state index < -0.39 is 0 Å². The molecule has 0 bridgehead atoms. The van der Waals surface area contributed by atoms with Crippen LogP contribution >= 0.6 is 0 Å². The van der Waals surface area contributed by atoms with Crippen molar-refractivity contribution < 1.29 is 0 Å². The second-order valence-corrected chi connectivity index (χ2v) is 10.1. The molecule has 3 aliphatic carbocycles. The number of hydrogen-bond acceptors (Lipinski definition) is 0. The van der Waals surface area contributed by atoms with Gasteiger partial charge in [-0.05, 0) is 104 Å². The topological polar surface area (TPSA) is 0 Å². The fourth-order valence-corrected chi connectivity index (χ4v) is 6.66. The molecule has 1 aromatic carbocycles. The zero-order chi connectivity index (χ0) is 17.9. The highest BCUT2D eigenvalue weighted by Crippen LogP contribution is 2.50. The fraction of sp³-hybridized carbons (Fsp3) is 0.769. The van der Waals surface area contributed by atoms with Crippen LogP contribution in [0, 0.1) is 29.6 Å². The summed E-state index contributed by atoms with van der Waals surface area (Å²) in [5.41, 5.74) is 3.15. The SMILES string of the molecule is CCCc1ccc(C2CCC3CC(C4CCC(C)CC4)CCC3C2)cc1. The van der Waals surface area contributed by atoms with Gasteiger partial charge >= 0.3 is 0 Å². The third kappa shape index (κ3) is 4.20. The molecule has 0 radical (unpaired) electrons. The third-order valence-corrected chi connectivity index (χ3v) is 8.37. The number of fused-ring (bicyclic) bond motifs is 1. The highest BCUT2D eigenvalue weighted by Gasteiger charge is 2.38. The summed E-state index contributed by atoms with van der Waals surface area (Å²) >= 11 is 0. The second kappa shape index (κ2) is 8.49. The Bertz CT molecular complexity index is 548. The van der Waals surface area contributed by atoms with Crippen LogP contribution in [0.4, 0.5) is 0 Å². The normalized spacial score (nSPS) is 37.9. The van der Waals surface area contributed by atoms with Crippen molar-refractivity contribution in [2.24, 2.45) is 29.6 Å². The molecule has 4 rings (SSSR count). The van der Waals surface area contributed by atoms with Gasteiger partial charge in [-0.25, -0.2) is 0 Å². The molecule has 0 aliphatic heterocycles. The first-order valence-corrected chi connectivity index (χ1v) is 11.8. The van der Waals surface area contributed by atoms with Crippen LogP contribution in [-0.2, 0) is 6.42 Å². The van der Waals surface area contributed by atoms with Gasteiger partial charge in [0, 0.05) is 0 Å². The fourth-order valence-electron chi connectivity index (χ4n) is 6.66. The molecule has 0 amide bonds. The molecule has 0 nitrogen and oxygen atoms in total. The lowest BCUT2D eigenvalue weighted by atomic mass is 9.60. The van der Waals surface area contributed by atoms with Crippen molar-refractivity contribution in [2.75, 3.05) is 0 Å². The van der Waals surface area contributed by atoms with Gasteiger partial charge in [-0.1, -0.05) is 57.4 Å². The Hall–Kier alpha value is -0.780. The molecule has 1 aromatic rings. The average molecular weight is 353 g/mol. The van der Waals surface area contributed by atoms with Gasteiger partial charge in [-0.15, -0.1) is 0 Å². The predicted octanol–water partition coefficient (Wildman–Crippen LogP) is 7.77. The van der Waals surface area contributed by atoms with Crippen LogP contribution in [0.15, 0.2) is 24.3 Å². The van der Waals surface area contributed by atoms with E-state index in [9.17, 15) is 0 Å². The van der Waals surface area contributed by atoms with Gasteiger partial charge in [-0.2, -0.15) is 0 Å². The van der Waals surface area contributed by atoms with Crippen LogP contribution in [-0.4, -0.2) is 0 Å². The Morgan fingerprint density at radius 2 is 1.27 bits per heavy atom. The van der Waals surface area contributed by atoms with Crippen molar-refractivity contribution in [1.82, 2.24) is 0 Å². The van der Waals surface area contributed by atoms with E-state index in [1.807, 2.05) is 0 Å². The van der Waals surface area contributed by atoms with Crippen molar-refractivity contribution in [3.63, 3.8) is 0 Å². The summed E-state index contributed by atoms with van der Waals surface area (Å²) in [4.78, 5) is 0. The zero-order valence-electron chi connectivity index (χ0n) is 17.3. The van der Waals surface area contributed by atoms with Crippen LogP contribution in [0.3, 0.4) is 0 Å². The van der Waals surface area contributed by atoms with E-state index in [1.165, 1.54) is 69.8 Å². The highest BCUT2D eigenvalue weighted by molar-refractivity contribution is 5.26. The van der Waals surface area contributed by atoms with Crippen LogP contribution in [0.2, 0.25) is 0 Å². The molecular weight excluding hydrogens is 312 g/mol. The van der Waals surface area contributed by atoms with E-state index in [1.54, 1.807) is 18.4 Å². The van der Waals surface area contributed by atoms with Gasteiger partial charge in [0.05, 0.1) is 0 Å². The molecular formula is C26H40. The van der Waals surface area contributed by atoms with Crippen molar-refractivity contribution in [1.29, 1.82) is 0 Å². The number of rotatable bonds is 4. The first-order chi connectivity index (χ1) is 12.7. The number of benzene rings is 1. The van der Waals surface area contributed by atoms with Crippen LogP contribution in [0.25, 0.3) is 0 Å². The molecule has 0 N–H and O–H groups in total. The van der Waals surface area contributed by atoms with Crippen molar-refractivity contribution in [2.45, 2.75) is 96.8 Å². The van der Waals surface area contributed by atoms with E-state index in [0.717, 1.165) is 35.5 Å². The Labute approximate surface area is 162 Å². The minimum absolute atomic E-state index is 0.846. The highest BCUT2D eigenvalue weighted by atomic mass is 14.4. The van der Waals surface area contributed by atoms with E-state index in [-0.39, 0.29) is 0 Å². The summed E-state index contributed by atoms with van der Waals surface area (Å²) < 4.78 is 0. The minimum Gasteiger partial charge on any atom is -0.0651 e. The van der Waals surface area contributed by atoms with E-state index >= 15 is 0 Å². The van der Waals surface area contributed by atoms with Gasteiger partial charge in [0.2, 0.25) is 0 Å². The lowest BCUT2D eigenvalue weighted by molar-refractivity contribution is 0.0732. The average Bonchev–Trinajstić information content (AvgIpc) is 2.69. The Morgan fingerprint density at radius 3 is 1.96 bits per heavy atom. The first-order valence-electron chi connectivity index (χ1n) is 11.8. The standard InChI is InChI=1S/C26H40/c1-3-4-20-7-11-22(12-8-20)24-14-16-25-17-23(13-15-26(25)18-24)21-9-5-19(2)6-10-21/h7-8,11-12,19,21,23-26H,3-6,9-10,13-18H2,1-2H3. The maximum Gasteiger partial charge on any atom is -0.0159 e. The Balaban J connectivity index is 1.32. The zero-order valence-corrected chi connectivity index (χ0v) is 17.3. The number of hydrogen-bond donors (Lipinski definition) is 0. The Morgan fingerprint density at radius 1 is 0.692 bits per heavy atom. The van der Waals surface area contributed by atoms with Crippen molar-refractivity contribution >= 4 is 0 Å². The van der Waals surface area contributed by atoms with Gasteiger partial charge in [0.25, 0.3) is 0 Å². The molecule has 4 unspecified atom stereocenters. The second-order valence-electron chi connectivity index (χ2n) is 10.1. The summed E-state index contributed by atoms with van der Waals surface area (Å²) in [6, 6.07) is 9.69. The van der Waals surface area contributed by atoms with Crippen LogP contribution in [0.5, 0.6) is 0 Å². The molecule has 144 valence electrons. The molecule has 3 saturated carbocycles. The maximum absolute atomic E-state index is 2.46. The quantitative estimate of drug-likeness (QED) is 0.519. The molecule has 0 heterocycles. The summed E-state index contributed by atoms with van der Waals surface area (Å²) in [5.74, 6) is 6.09. The number of aryl methyl sites for hydroxylation is 1. The minimum atomic E-state index is 0.846. The van der Waals surface area contributed by atoms with Gasteiger partial charge in [0.15, 0.2) is 0 Å². The van der Waals surface area contributed by atoms with Gasteiger partial charge in [-0.3, -0.25) is 0 Å². The molecule has 0 saturated heterocycles. The smallest absolute Gasteiger partial charge is 0.0159 e. The molecule has 0 heteroatoms. The first kappa shape index (κ1) is 18.6. The summed E-state index contributed by atoms with van der Waals surface area (Å²) in [7, 11) is 0. The van der Waals surface area contributed by atoms with E-state index in [2.05, 4.69) is 38.1 Å². The van der Waals surface area contributed by atoms with Gasteiger partial charge in [0.1, 0.15) is 0 Å². The summed E-state index contributed by atoms with van der Waals surface area (Å²) in [6.07, 6.45) is 17.7. The lowest BCUT2D eigenvalue weighted by Gasteiger charge is -2.45. The molecule has 0 spiro atoms. The lowest BCUT2D eigenvalue weighted by Crippen LogP contribution is -2.34. The third-order valence-electron chi connectivity index (χ3n) is 8.37. The monoisotopic (exact) mass is 352 g/mol. The molecule has 0 aromatic heterocycles. The largest absolute Gasteiger partial charge is 0.0651 e.